The molecule has 3 rings (SSSR count). The third kappa shape index (κ3) is 4.64. The van der Waals surface area contributed by atoms with Crippen LogP contribution >= 0.6 is 0 Å². The van der Waals surface area contributed by atoms with E-state index in [9.17, 15) is 18.4 Å². The van der Waals surface area contributed by atoms with Gasteiger partial charge < -0.3 is 19.7 Å². The molecule has 6 nitrogen and oxygen atoms in total. The lowest BCUT2D eigenvalue weighted by Gasteiger charge is -2.31. The van der Waals surface area contributed by atoms with Crippen LogP contribution in [0.15, 0.2) is 36.4 Å². The van der Waals surface area contributed by atoms with Crippen molar-refractivity contribution in [2.75, 3.05) is 32.6 Å². The molecule has 0 spiro atoms. The lowest BCUT2D eigenvalue weighted by atomic mass is 9.95. The Kier molecular flexibility index (Phi) is 6.31. The van der Waals surface area contributed by atoms with Crippen LogP contribution in [0, 0.1) is 17.6 Å². The van der Waals surface area contributed by atoms with Crippen molar-refractivity contribution < 1.29 is 27.8 Å². The number of carbonyl (C=O) groups excluding carboxylic acids is 2. The lowest BCUT2D eigenvalue weighted by Crippen LogP contribution is -2.41. The zero-order valence-electron chi connectivity index (χ0n) is 16.2. The molecule has 0 radical (unpaired) electrons. The van der Waals surface area contributed by atoms with E-state index in [4.69, 9.17) is 9.47 Å². The van der Waals surface area contributed by atoms with Crippen LogP contribution in [-0.2, 0) is 4.79 Å². The summed E-state index contributed by atoms with van der Waals surface area (Å²) in [6.45, 7) is 0.626. The zero-order valence-corrected chi connectivity index (χ0v) is 16.2. The minimum absolute atomic E-state index is 0.169. The molecule has 0 bridgehead atoms. The molecule has 0 atom stereocenters. The van der Waals surface area contributed by atoms with Crippen molar-refractivity contribution in [1.29, 1.82) is 0 Å². The van der Waals surface area contributed by atoms with Gasteiger partial charge in [0.25, 0.3) is 5.91 Å². The smallest absolute Gasteiger partial charge is 0.256 e. The Morgan fingerprint density at radius 3 is 2.38 bits per heavy atom. The van der Waals surface area contributed by atoms with Crippen LogP contribution in [0.4, 0.5) is 14.5 Å². The van der Waals surface area contributed by atoms with Crippen molar-refractivity contribution in [1.82, 2.24) is 4.90 Å². The van der Waals surface area contributed by atoms with E-state index >= 15 is 0 Å². The number of hydrogen-bond donors (Lipinski definition) is 1. The van der Waals surface area contributed by atoms with Gasteiger partial charge in [0.15, 0.2) is 0 Å². The van der Waals surface area contributed by atoms with Crippen LogP contribution in [0.25, 0.3) is 0 Å². The van der Waals surface area contributed by atoms with E-state index in [-0.39, 0.29) is 17.4 Å². The van der Waals surface area contributed by atoms with Gasteiger partial charge in [-0.05, 0) is 37.1 Å². The van der Waals surface area contributed by atoms with Gasteiger partial charge in [0.05, 0.1) is 25.5 Å². The van der Waals surface area contributed by atoms with Crippen LogP contribution < -0.4 is 14.8 Å². The van der Waals surface area contributed by atoms with E-state index in [0.717, 1.165) is 12.1 Å². The van der Waals surface area contributed by atoms with Gasteiger partial charge in [0, 0.05) is 31.1 Å². The van der Waals surface area contributed by atoms with Crippen LogP contribution in [0.1, 0.15) is 23.2 Å². The van der Waals surface area contributed by atoms with E-state index in [1.54, 1.807) is 25.3 Å². The van der Waals surface area contributed by atoms with Crippen LogP contribution in [0.3, 0.4) is 0 Å². The molecule has 1 aliphatic rings. The summed E-state index contributed by atoms with van der Waals surface area (Å²) in [5.74, 6) is -1.49. The predicted octanol–water partition coefficient (Wildman–Crippen LogP) is 3.47. The summed E-state index contributed by atoms with van der Waals surface area (Å²) < 4.78 is 37.3. The highest BCUT2D eigenvalue weighted by Gasteiger charge is 2.29. The maximum Gasteiger partial charge on any atom is 0.256 e. The molecule has 2 amide bonds. The van der Waals surface area contributed by atoms with Crippen molar-refractivity contribution in [3.05, 3.63) is 53.6 Å². The zero-order chi connectivity index (χ0) is 21.0. The number of nitrogens with zero attached hydrogens (tertiary/aromatic N) is 1. The van der Waals surface area contributed by atoms with Gasteiger partial charge in [0.1, 0.15) is 23.1 Å². The summed E-state index contributed by atoms with van der Waals surface area (Å²) in [7, 11) is 3.04. The Morgan fingerprint density at radius 2 is 1.76 bits per heavy atom. The maximum atomic E-state index is 13.9. The van der Waals surface area contributed by atoms with Gasteiger partial charge in [-0.15, -0.1) is 0 Å². The summed E-state index contributed by atoms with van der Waals surface area (Å²) in [6, 6.07) is 7.98. The number of halogens is 2. The van der Waals surface area contributed by atoms with Crippen molar-refractivity contribution in [3.8, 4) is 11.5 Å². The third-order valence-electron chi connectivity index (χ3n) is 4.98. The van der Waals surface area contributed by atoms with E-state index in [0.29, 0.717) is 49.2 Å². The normalized spacial score (nSPS) is 14.4. The first-order chi connectivity index (χ1) is 13.9. The molecule has 2 aromatic rings. The lowest BCUT2D eigenvalue weighted by molar-refractivity contribution is -0.121. The van der Waals surface area contributed by atoms with Crippen LogP contribution in [0.5, 0.6) is 11.5 Å². The number of likely N-dealkylation sites (tertiary alicyclic amines) is 1. The van der Waals surface area contributed by atoms with Gasteiger partial charge in [0.2, 0.25) is 5.91 Å². The number of anilines is 1. The first-order valence-corrected chi connectivity index (χ1v) is 9.20. The fraction of sp³-hybridized carbons (Fsp3) is 0.333. The average molecular weight is 404 g/mol. The number of nitrogens with one attached hydrogen (secondary N) is 1. The van der Waals surface area contributed by atoms with Gasteiger partial charge in [-0.3, -0.25) is 9.59 Å². The van der Waals surface area contributed by atoms with Gasteiger partial charge in [-0.2, -0.15) is 0 Å². The molecule has 29 heavy (non-hydrogen) atoms. The average Bonchev–Trinajstić information content (AvgIpc) is 2.73. The molecule has 1 heterocycles. The Balaban J connectivity index is 1.60. The summed E-state index contributed by atoms with van der Waals surface area (Å²) >= 11 is 0. The first kappa shape index (κ1) is 20.6. The molecule has 1 fully saturated rings. The Morgan fingerprint density at radius 1 is 1.03 bits per heavy atom. The minimum atomic E-state index is -0.888. The number of hydrogen-bond acceptors (Lipinski definition) is 4. The molecular formula is C21H22F2N2O4. The molecule has 0 aliphatic carbocycles. The molecule has 1 saturated heterocycles. The second-order valence-corrected chi connectivity index (χ2v) is 6.75. The first-order valence-electron chi connectivity index (χ1n) is 9.20. The van der Waals surface area contributed by atoms with Gasteiger partial charge >= 0.3 is 0 Å². The maximum absolute atomic E-state index is 13.9. The third-order valence-corrected chi connectivity index (χ3v) is 4.98. The van der Waals surface area contributed by atoms with Crippen LogP contribution in [-0.4, -0.2) is 44.0 Å². The van der Waals surface area contributed by atoms with Crippen molar-refractivity contribution in [3.63, 3.8) is 0 Å². The SMILES string of the molecule is COc1ccc(NC(=O)C2CCN(C(=O)c3ccc(F)cc3F)CC2)c(OC)c1. The van der Waals surface area contributed by atoms with Gasteiger partial charge in [-0.25, -0.2) is 8.78 Å². The van der Waals surface area contributed by atoms with Crippen molar-refractivity contribution >= 4 is 17.5 Å². The highest BCUT2D eigenvalue weighted by molar-refractivity contribution is 5.96. The number of rotatable bonds is 5. The number of carbonyl (C=O) groups is 2. The van der Waals surface area contributed by atoms with E-state index in [1.165, 1.54) is 12.0 Å². The molecular weight excluding hydrogens is 382 g/mol. The summed E-state index contributed by atoms with van der Waals surface area (Å²) in [4.78, 5) is 26.6. The van der Waals surface area contributed by atoms with Crippen molar-refractivity contribution in [2.24, 2.45) is 5.92 Å². The topological polar surface area (TPSA) is 67.9 Å². The Hall–Kier alpha value is -3.16. The molecule has 0 aromatic heterocycles. The number of amides is 2. The number of methoxy groups -OCH3 is 2. The molecule has 1 N–H and O–H groups in total. The van der Waals surface area contributed by atoms with Gasteiger partial charge in [-0.1, -0.05) is 0 Å². The molecule has 154 valence electrons. The number of piperidine rings is 1. The van der Waals surface area contributed by atoms with E-state index in [1.807, 2.05) is 0 Å². The second-order valence-electron chi connectivity index (χ2n) is 6.75. The summed E-state index contributed by atoms with van der Waals surface area (Å²) in [5, 5.41) is 2.85. The van der Waals surface area contributed by atoms with E-state index < -0.39 is 17.5 Å². The molecule has 2 aromatic carbocycles. The molecule has 0 saturated carbocycles. The number of ether oxygens (including phenoxy) is 2. The Bertz CT molecular complexity index is 912. The summed E-state index contributed by atoms with van der Waals surface area (Å²) in [6.07, 6.45) is 0.887. The van der Waals surface area contributed by atoms with Crippen molar-refractivity contribution in [2.45, 2.75) is 12.8 Å². The number of benzene rings is 2. The minimum Gasteiger partial charge on any atom is -0.497 e. The Labute approximate surface area is 167 Å². The monoisotopic (exact) mass is 404 g/mol. The standard InChI is InChI=1S/C21H22F2N2O4/c1-28-15-4-6-18(19(12-15)29-2)24-20(26)13-7-9-25(10-8-13)21(27)16-5-3-14(22)11-17(16)23/h3-6,11-13H,7-10H2,1-2H3,(H,24,26). The quantitative estimate of drug-likeness (QED) is 0.829. The highest BCUT2D eigenvalue weighted by Crippen LogP contribution is 2.30. The van der Waals surface area contributed by atoms with E-state index in [2.05, 4.69) is 5.32 Å². The highest BCUT2D eigenvalue weighted by atomic mass is 19.1. The van der Waals surface area contributed by atoms with Crippen LogP contribution in [0.2, 0.25) is 0 Å². The molecule has 0 unspecified atom stereocenters. The summed E-state index contributed by atoms with van der Waals surface area (Å²) in [5.41, 5.74) is 0.363. The largest absolute Gasteiger partial charge is 0.497 e. The molecule has 1 aliphatic heterocycles. The fourth-order valence-electron chi connectivity index (χ4n) is 3.31. The predicted molar refractivity (Wildman–Crippen MR) is 103 cm³/mol. The fourth-order valence-corrected chi connectivity index (χ4v) is 3.31. The second kappa shape index (κ2) is 8.89. The molecule has 8 heteroatoms.